The second-order valence-electron chi connectivity index (χ2n) is 13.8. The third-order valence-corrected chi connectivity index (χ3v) is 11.4. The number of carbonyl (C=O) groups is 1. The molecule has 2 saturated carbocycles. The van der Waals surface area contributed by atoms with Crippen molar-refractivity contribution in [2.45, 2.75) is 110 Å². The Bertz CT molecular complexity index is 1070. The fourth-order valence-corrected chi connectivity index (χ4v) is 8.63. The zero-order valence-corrected chi connectivity index (χ0v) is 24.2. The molecule has 0 bridgehead atoms. The molecule has 4 aliphatic rings. The van der Waals surface area contributed by atoms with Crippen LogP contribution in [0.3, 0.4) is 0 Å². The van der Waals surface area contributed by atoms with Gasteiger partial charge in [-0.25, -0.2) is 0 Å². The Hall–Kier alpha value is -1.63. The average molecular weight is 513 g/mol. The maximum absolute atomic E-state index is 12.6. The number of likely N-dealkylation sites (tertiary alicyclic amines) is 1. The number of ether oxygens (including phenoxy) is 2. The lowest BCUT2D eigenvalue weighted by Gasteiger charge is -2.67. The normalized spacial score (nSPS) is 37.2. The number of hydrogen-bond donors (Lipinski definition) is 2. The SMILES string of the molecule is CC[C@]12C[C@H]([C@](C)(O)C(C)(C)C)C(OC)[C@@H]3Oc4c(C(N)=O)ccc(C)c4[C@@]31CCN(CC1CC1)[C@@H]2C. The van der Waals surface area contributed by atoms with E-state index in [-0.39, 0.29) is 34.4 Å². The van der Waals surface area contributed by atoms with Crippen LogP contribution in [0.2, 0.25) is 0 Å². The first kappa shape index (κ1) is 27.0. The highest BCUT2D eigenvalue weighted by atomic mass is 16.5. The summed E-state index contributed by atoms with van der Waals surface area (Å²) in [6.45, 7) is 17.3. The quantitative estimate of drug-likeness (QED) is 0.571. The monoisotopic (exact) mass is 512 g/mol. The molecule has 206 valence electrons. The Kier molecular flexibility index (Phi) is 6.33. The van der Waals surface area contributed by atoms with E-state index in [2.05, 4.69) is 46.4 Å². The minimum absolute atomic E-state index is 0.134. The summed E-state index contributed by atoms with van der Waals surface area (Å²) in [7, 11) is 1.75. The lowest BCUT2D eigenvalue weighted by atomic mass is 9.42. The molecule has 0 aromatic heterocycles. The molecule has 2 aliphatic heterocycles. The second-order valence-corrected chi connectivity index (χ2v) is 13.8. The van der Waals surface area contributed by atoms with Crippen molar-refractivity contribution in [2.24, 2.45) is 28.4 Å². The van der Waals surface area contributed by atoms with Gasteiger partial charge in [-0.15, -0.1) is 0 Å². The van der Waals surface area contributed by atoms with Crippen molar-refractivity contribution in [3.8, 4) is 5.75 Å². The fraction of sp³-hybridized carbons (Fsp3) is 0.774. The predicted octanol–water partition coefficient (Wildman–Crippen LogP) is 4.83. The van der Waals surface area contributed by atoms with Gasteiger partial charge >= 0.3 is 0 Å². The van der Waals surface area contributed by atoms with E-state index in [1.807, 2.05) is 19.1 Å². The molecule has 5 rings (SSSR count). The smallest absolute Gasteiger partial charge is 0.252 e. The van der Waals surface area contributed by atoms with E-state index >= 15 is 0 Å². The van der Waals surface area contributed by atoms with Gasteiger partial charge in [0.1, 0.15) is 18.0 Å². The van der Waals surface area contributed by atoms with Gasteiger partial charge in [-0.2, -0.15) is 0 Å². The molecule has 1 spiro atoms. The molecular formula is C31H48N2O4. The van der Waals surface area contributed by atoms with Gasteiger partial charge in [0.25, 0.3) is 5.91 Å². The number of aliphatic hydroxyl groups is 1. The summed E-state index contributed by atoms with van der Waals surface area (Å²) in [5.74, 6) is 0.863. The van der Waals surface area contributed by atoms with Crippen molar-refractivity contribution in [1.82, 2.24) is 4.90 Å². The van der Waals surface area contributed by atoms with Crippen LogP contribution in [-0.4, -0.2) is 60.0 Å². The van der Waals surface area contributed by atoms with Crippen LogP contribution in [0, 0.1) is 29.6 Å². The zero-order chi connectivity index (χ0) is 27.1. The third kappa shape index (κ3) is 3.57. The van der Waals surface area contributed by atoms with Gasteiger partial charge in [-0.05, 0) is 87.8 Å². The summed E-state index contributed by atoms with van der Waals surface area (Å²) in [5.41, 5.74) is 6.83. The standard InChI is InChI=1S/C31H48N2O4/c1-9-30-16-22(29(7,35)28(4,5)6)25(36-8)26-31(30,14-15-33(19(30)3)17-20-11-12-20)23-18(2)10-13-21(27(32)34)24(23)37-26/h10,13,19-20,22,25-26,35H,9,11-12,14-17H2,1-8H3,(H2,32,34)/t19-,22+,25?,26+,29+,30-,31+/m1/s1. The summed E-state index contributed by atoms with van der Waals surface area (Å²) < 4.78 is 13.3. The number of amides is 1. The molecule has 1 amide bonds. The molecule has 2 heterocycles. The Morgan fingerprint density at radius 3 is 2.49 bits per heavy atom. The molecule has 1 unspecified atom stereocenters. The van der Waals surface area contributed by atoms with Crippen molar-refractivity contribution in [1.29, 1.82) is 0 Å². The molecule has 1 aromatic carbocycles. The summed E-state index contributed by atoms with van der Waals surface area (Å²) in [4.78, 5) is 15.3. The molecule has 3 fully saturated rings. The number of nitrogens with two attached hydrogens (primary N) is 1. The van der Waals surface area contributed by atoms with Crippen molar-refractivity contribution < 1.29 is 19.4 Å². The van der Waals surface area contributed by atoms with E-state index in [0.29, 0.717) is 17.4 Å². The third-order valence-electron chi connectivity index (χ3n) is 11.4. The molecule has 7 atom stereocenters. The first-order chi connectivity index (χ1) is 17.3. The van der Waals surface area contributed by atoms with Crippen LogP contribution in [-0.2, 0) is 10.2 Å². The van der Waals surface area contributed by atoms with Gasteiger partial charge in [0, 0.05) is 36.6 Å². The molecule has 1 aromatic rings. The van der Waals surface area contributed by atoms with Crippen LogP contribution in [0.15, 0.2) is 12.1 Å². The van der Waals surface area contributed by atoms with Crippen LogP contribution in [0.5, 0.6) is 5.75 Å². The van der Waals surface area contributed by atoms with E-state index in [4.69, 9.17) is 15.2 Å². The Morgan fingerprint density at radius 1 is 1.27 bits per heavy atom. The highest BCUT2D eigenvalue weighted by Gasteiger charge is 2.73. The van der Waals surface area contributed by atoms with Gasteiger partial charge in [0.05, 0.1) is 11.2 Å². The van der Waals surface area contributed by atoms with Crippen LogP contribution in [0.25, 0.3) is 0 Å². The highest BCUT2D eigenvalue weighted by molar-refractivity contribution is 5.96. The van der Waals surface area contributed by atoms with Crippen molar-refractivity contribution >= 4 is 5.91 Å². The van der Waals surface area contributed by atoms with Crippen LogP contribution >= 0.6 is 0 Å². The molecule has 6 heteroatoms. The lowest BCUT2D eigenvalue weighted by molar-refractivity contribution is -0.232. The van der Waals surface area contributed by atoms with Crippen molar-refractivity contribution in [2.75, 3.05) is 20.2 Å². The summed E-state index contributed by atoms with van der Waals surface area (Å²) in [5, 5.41) is 12.2. The number of nitrogens with zero attached hydrogens (tertiary/aromatic N) is 1. The highest BCUT2D eigenvalue weighted by Crippen LogP contribution is 2.69. The number of piperidine rings is 1. The van der Waals surface area contributed by atoms with E-state index < -0.39 is 11.5 Å². The zero-order valence-electron chi connectivity index (χ0n) is 24.2. The molecule has 1 saturated heterocycles. The summed E-state index contributed by atoms with van der Waals surface area (Å²) >= 11 is 0. The van der Waals surface area contributed by atoms with E-state index in [1.165, 1.54) is 12.8 Å². The number of rotatable bonds is 6. The maximum atomic E-state index is 12.6. The minimum atomic E-state index is -0.986. The first-order valence-corrected chi connectivity index (χ1v) is 14.4. The number of hydrogen-bond acceptors (Lipinski definition) is 5. The number of aryl methyl sites for hydroxylation is 1. The fourth-order valence-electron chi connectivity index (χ4n) is 8.63. The molecule has 6 nitrogen and oxygen atoms in total. The number of fused-ring (bicyclic) bond motifs is 1. The van der Waals surface area contributed by atoms with Gasteiger partial charge in [-0.3, -0.25) is 9.69 Å². The molecule has 37 heavy (non-hydrogen) atoms. The molecular weight excluding hydrogens is 464 g/mol. The van der Waals surface area contributed by atoms with Gasteiger partial charge < -0.3 is 20.3 Å². The second kappa shape index (κ2) is 8.69. The van der Waals surface area contributed by atoms with Crippen molar-refractivity contribution in [3.63, 3.8) is 0 Å². The van der Waals surface area contributed by atoms with Gasteiger partial charge in [0.15, 0.2) is 0 Å². The number of methoxy groups -OCH3 is 1. The predicted molar refractivity (Wildman–Crippen MR) is 146 cm³/mol. The lowest BCUT2D eigenvalue weighted by Crippen LogP contribution is -2.74. The minimum Gasteiger partial charge on any atom is -0.486 e. The topological polar surface area (TPSA) is 85.0 Å². The number of carbonyl (C=O) groups excluding carboxylic acids is 1. The number of primary amides is 1. The van der Waals surface area contributed by atoms with Crippen LogP contribution in [0.4, 0.5) is 0 Å². The maximum Gasteiger partial charge on any atom is 0.252 e. The van der Waals surface area contributed by atoms with Crippen molar-refractivity contribution in [3.05, 3.63) is 28.8 Å². The van der Waals surface area contributed by atoms with Gasteiger partial charge in [-0.1, -0.05) is 33.8 Å². The van der Waals surface area contributed by atoms with E-state index in [9.17, 15) is 9.90 Å². The Labute approximate surface area is 223 Å². The summed E-state index contributed by atoms with van der Waals surface area (Å²) in [6.07, 6.45) is 4.79. The molecule has 2 aliphatic carbocycles. The largest absolute Gasteiger partial charge is 0.486 e. The average Bonchev–Trinajstić information content (AvgIpc) is 3.57. The van der Waals surface area contributed by atoms with E-state index in [0.717, 1.165) is 49.4 Å². The Balaban J connectivity index is 1.77. The van der Waals surface area contributed by atoms with Gasteiger partial charge in [0.2, 0.25) is 0 Å². The first-order valence-electron chi connectivity index (χ1n) is 14.4. The van der Waals surface area contributed by atoms with Crippen LogP contribution < -0.4 is 10.5 Å². The Morgan fingerprint density at radius 2 is 1.95 bits per heavy atom. The number of benzene rings is 1. The molecule has 0 radical (unpaired) electrons. The van der Waals surface area contributed by atoms with Crippen LogP contribution in [0.1, 0.15) is 95.1 Å². The molecule has 3 N–H and O–H groups in total. The summed E-state index contributed by atoms with van der Waals surface area (Å²) in [6, 6.07) is 4.16. The van der Waals surface area contributed by atoms with E-state index in [1.54, 1.807) is 7.11 Å².